The normalized spacial score (nSPS) is 16.1. The Kier molecular flexibility index (Phi) is 5.28. The first-order valence-corrected chi connectivity index (χ1v) is 7.56. The summed E-state index contributed by atoms with van der Waals surface area (Å²) in [4.78, 5) is 36.0. The Morgan fingerprint density at radius 1 is 1.39 bits per heavy atom. The van der Waals surface area contributed by atoms with Gasteiger partial charge in [-0.15, -0.1) is 0 Å². The molecule has 1 fully saturated rings. The average molecular weight is 337 g/mol. The maximum absolute atomic E-state index is 12.1. The van der Waals surface area contributed by atoms with Gasteiger partial charge < -0.3 is 14.6 Å². The van der Waals surface area contributed by atoms with Gasteiger partial charge in [-0.3, -0.25) is 14.5 Å². The van der Waals surface area contributed by atoms with E-state index in [0.29, 0.717) is 17.9 Å². The number of thioether (sulfide) groups is 1. The summed E-state index contributed by atoms with van der Waals surface area (Å²) in [5.74, 6) is -0.960. The van der Waals surface area contributed by atoms with Crippen LogP contribution in [0.4, 0.5) is 4.79 Å². The zero-order valence-electron chi connectivity index (χ0n) is 12.6. The summed E-state index contributed by atoms with van der Waals surface area (Å²) in [6, 6.07) is 4.95. The molecule has 7 nitrogen and oxygen atoms in total. The maximum Gasteiger partial charge on any atom is 0.341 e. The summed E-state index contributed by atoms with van der Waals surface area (Å²) in [7, 11) is 1.43. The number of para-hydroxylation sites is 1. The second-order valence-corrected chi connectivity index (χ2v) is 5.48. The number of carboxylic acids is 1. The quantitative estimate of drug-likeness (QED) is 0.795. The minimum atomic E-state index is -1.13. The number of hydrogen-bond donors (Lipinski definition) is 1. The van der Waals surface area contributed by atoms with Gasteiger partial charge in [0.15, 0.2) is 18.1 Å². The predicted molar refractivity (Wildman–Crippen MR) is 84.5 cm³/mol. The van der Waals surface area contributed by atoms with Crippen LogP contribution in [0, 0.1) is 0 Å². The van der Waals surface area contributed by atoms with Gasteiger partial charge in [-0.25, -0.2) is 4.79 Å². The fourth-order valence-electron chi connectivity index (χ4n) is 2.01. The van der Waals surface area contributed by atoms with Gasteiger partial charge in [0.1, 0.15) is 0 Å². The fraction of sp³-hybridized carbons (Fsp3) is 0.267. The van der Waals surface area contributed by atoms with Gasteiger partial charge in [0.2, 0.25) is 0 Å². The Labute approximate surface area is 136 Å². The number of imide groups is 1. The van der Waals surface area contributed by atoms with Crippen LogP contribution in [0.1, 0.15) is 12.5 Å². The molecule has 0 aromatic heterocycles. The molecule has 1 aliphatic rings. The molecule has 1 heterocycles. The smallest absolute Gasteiger partial charge is 0.341 e. The van der Waals surface area contributed by atoms with E-state index < -0.39 is 12.6 Å². The van der Waals surface area contributed by atoms with Crippen molar-refractivity contribution in [2.45, 2.75) is 6.92 Å². The Bertz CT molecular complexity index is 685. The molecule has 0 saturated carbocycles. The van der Waals surface area contributed by atoms with Crippen molar-refractivity contribution in [1.82, 2.24) is 4.90 Å². The molecule has 0 aliphatic carbocycles. The molecular formula is C15H15NO6S. The highest BCUT2D eigenvalue weighted by molar-refractivity contribution is 8.18. The highest BCUT2D eigenvalue weighted by Gasteiger charge is 2.34. The lowest BCUT2D eigenvalue weighted by Crippen LogP contribution is -2.27. The standard InChI is InChI=1S/C15H15NO6S/c1-3-16-14(19)11(23-15(16)20)7-9-5-4-6-10(21-2)13(9)22-8-12(17)18/h4-7H,3,8H2,1-2H3,(H,17,18)/b11-7+. The number of amides is 2. The molecule has 0 unspecified atom stereocenters. The monoisotopic (exact) mass is 337 g/mol. The molecule has 0 atom stereocenters. The number of nitrogens with zero attached hydrogens (tertiary/aromatic N) is 1. The van der Waals surface area contributed by atoms with Gasteiger partial charge in [0, 0.05) is 12.1 Å². The molecule has 2 rings (SSSR count). The van der Waals surface area contributed by atoms with E-state index in [2.05, 4.69) is 0 Å². The SMILES string of the molecule is CCN1C(=O)S/C(=C/c2cccc(OC)c2OCC(=O)O)C1=O. The van der Waals surface area contributed by atoms with Gasteiger partial charge in [-0.1, -0.05) is 12.1 Å². The van der Waals surface area contributed by atoms with Crippen LogP contribution in [0.15, 0.2) is 23.1 Å². The lowest BCUT2D eigenvalue weighted by molar-refractivity contribution is -0.139. The maximum atomic E-state index is 12.1. The number of likely N-dealkylation sites (N-methyl/N-ethyl adjacent to an activating group) is 1. The minimum Gasteiger partial charge on any atom is -0.493 e. The van der Waals surface area contributed by atoms with Gasteiger partial charge in [-0.05, 0) is 30.8 Å². The highest BCUT2D eigenvalue weighted by atomic mass is 32.2. The number of methoxy groups -OCH3 is 1. The van der Waals surface area contributed by atoms with Crippen LogP contribution in [0.3, 0.4) is 0 Å². The molecule has 0 radical (unpaired) electrons. The number of carbonyl (C=O) groups excluding carboxylic acids is 2. The molecule has 0 spiro atoms. The first-order valence-electron chi connectivity index (χ1n) is 6.74. The van der Waals surface area contributed by atoms with Crippen molar-refractivity contribution in [2.75, 3.05) is 20.3 Å². The Morgan fingerprint density at radius 2 is 2.13 bits per heavy atom. The van der Waals surface area contributed by atoms with Crippen molar-refractivity contribution < 1.29 is 29.0 Å². The summed E-state index contributed by atoms with van der Waals surface area (Å²) in [5, 5.41) is 8.43. The Balaban J connectivity index is 2.39. The van der Waals surface area contributed by atoms with E-state index in [0.717, 1.165) is 16.7 Å². The molecule has 1 aliphatic heterocycles. The molecule has 0 bridgehead atoms. The third kappa shape index (κ3) is 3.65. The number of carboxylic acid groups (broad SMARTS) is 1. The van der Waals surface area contributed by atoms with Crippen molar-refractivity contribution in [2.24, 2.45) is 0 Å². The zero-order valence-corrected chi connectivity index (χ0v) is 13.4. The van der Waals surface area contributed by atoms with Crippen LogP contribution in [0.2, 0.25) is 0 Å². The average Bonchev–Trinajstić information content (AvgIpc) is 2.79. The molecule has 122 valence electrons. The van der Waals surface area contributed by atoms with E-state index in [1.54, 1.807) is 25.1 Å². The first kappa shape index (κ1) is 16.9. The number of benzene rings is 1. The van der Waals surface area contributed by atoms with Crippen LogP contribution in [-0.2, 0) is 9.59 Å². The minimum absolute atomic E-state index is 0.209. The largest absolute Gasteiger partial charge is 0.493 e. The van der Waals surface area contributed by atoms with Crippen molar-refractivity contribution in [3.05, 3.63) is 28.7 Å². The zero-order chi connectivity index (χ0) is 17.0. The first-order chi connectivity index (χ1) is 11.0. The summed E-state index contributed by atoms with van der Waals surface area (Å²) in [5.41, 5.74) is 0.465. The summed E-state index contributed by atoms with van der Waals surface area (Å²) >= 11 is 0.834. The van der Waals surface area contributed by atoms with E-state index >= 15 is 0 Å². The Hall–Kier alpha value is -2.48. The molecule has 8 heteroatoms. The van der Waals surface area contributed by atoms with Crippen LogP contribution in [-0.4, -0.2) is 47.4 Å². The summed E-state index contributed by atoms with van der Waals surface area (Å²) in [6.45, 7) is 1.46. The van der Waals surface area contributed by atoms with Gasteiger partial charge in [0.05, 0.1) is 12.0 Å². The van der Waals surface area contributed by atoms with Crippen LogP contribution in [0.5, 0.6) is 11.5 Å². The molecule has 23 heavy (non-hydrogen) atoms. The van der Waals surface area contributed by atoms with Gasteiger partial charge >= 0.3 is 5.97 Å². The molecule has 1 N–H and O–H groups in total. The van der Waals surface area contributed by atoms with E-state index in [9.17, 15) is 14.4 Å². The summed E-state index contributed by atoms with van der Waals surface area (Å²) < 4.78 is 10.4. The van der Waals surface area contributed by atoms with E-state index in [1.165, 1.54) is 13.2 Å². The number of rotatable bonds is 6. The second-order valence-electron chi connectivity index (χ2n) is 4.49. The van der Waals surface area contributed by atoms with Crippen LogP contribution in [0.25, 0.3) is 6.08 Å². The van der Waals surface area contributed by atoms with Crippen molar-refractivity contribution in [3.8, 4) is 11.5 Å². The topological polar surface area (TPSA) is 93.1 Å². The molecular weight excluding hydrogens is 322 g/mol. The number of ether oxygens (including phenoxy) is 2. The van der Waals surface area contributed by atoms with E-state index in [-0.39, 0.29) is 21.8 Å². The second kappa shape index (κ2) is 7.19. The molecule has 1 aromatic rings. The van der Waals surface area contributed by atoms with Crippen molar-refractivity contribution in [1.29, 1.82) is 0 Å². The van der Waals surface area contributed by atoms with Crippen LogP contribution >= 0.6 is 11.8 Å². The van der Waals surface area contributed by atoms with Crippen LogP contribution < -0.4 is 9.47 Å². The number of hydrogen-bond acceptors (Lipinski definition) is 6. The molecule has 1 saturated heterocycles. The van der Waals surface area contributed by atoms with E-state index in [4.69, 9.17) is 14.6 Å². The fourth-order valence-corrected chi connectivity index (χ4v) is 2.90. The number of carbonyl (C=O) groups is 3. The third-order valence-corrected chi connectivity index (χ3v) is 3.95. The Morgan fingerprint density at radius 3 is 2.70 bits per heavy atom. The van der Waals surface area contributed by atoms with Crippen molar-refractivity contribution in [3.63, 3.8) is 0 Å². The summed E-state index contributed by atoms with van der Waals surface area (Å²) in [6.07, 6.45) is 1.50. The lowest BCUT2D eigenvalue weighted by atomic mass is 10.1. The van der Waals surface area contributed by atoms with Gasteiger partial charge in [0.25, 0.3) is 11.1 Å². The molecule has 2 amide bonds. The highest BCUT2D eigenvalue weighted by Crippen LogP contribution is 2.37. The van der Waals surface area contributed by atoms with Gasteiger partial charge in [-0.2, -0.15) is 0 Å². The third-order valence-electron chi connectivity index (χ3n) is 3.05. The lowest BCUT2D eigenvalue weighted by Gasteiger charge is -2.12. The predicted octanol–water partition coefficient (Wildman–Crippen LogP) is 2.21. The molecule has 1 aromatic carbocycles. The number of aliphatic carboxylic acids is 1. The van der Waals surface area contributed by atoms with E-state index in [1.807, 2.05) is 0 Å². The van der Waals surface area contributed by atoms with Crippen molar-refractivity contribution >= 4 is 35.0 Å².